The Labute approximate surface area is 210 Å². The Kier molecular flexibility index (Phi) is 7.61. The van der Waals surface area contributed by atoms with Gasteiger partial charge in [0.05, 0.1) is 12.2 Å². The van der Waals surface area contributed by atoms with E-state index in [-0.39, 0.29) is 37.6 Å². The summed E-state index contributed by atoms with van der Waals surface area (Å²) in [6.07, 6.45) is 0.700. The zero-order valence-corrected chi connectivity index (χ0v) is 20.8. The fourth-order valence-corrected chi connectivity index (χ4v) is 4.02. The number of anilines is 1. The third-order valence-electron chi connectivity index (χ3n) is 5.92. The Morgan fingerprint density at radius 3 is 2.64 bits per heavy atom. The number of rotatable bonds is 7. The highest BCUT2D eigenvalue weighted by Gasteiger charge is 2.36. The maximum absolute atomic E-state index is 13.1. The molecule has 1 aromatic heterocycles. The molecule has 10 nitrogen and oxygen atoms in total. The van der Waals surface area contributed by atoms with Crippen LogP contribution in [0, 0.1) is 5.92 Å². The number of pyridine rings is 1. The number of nitrogens with one attached hydrogen (secondary N) is 2. The van der Waals surface area contributed by atoms with Crippen LogP contribution < -0.4 is 15.4 Å². The summed E-state index contributed by atoms with van der Waals surface area (Å²) in [5, 5.41) is 5.60. The molecule has 3 amide bonds. The molecule has 192 valence electrons. The number of carbonyl (C=O) groups excluding carboxylic acids is 3. The third kappa shape index (κ3) is 6.87. The highest BCUT2D eigenvalue weighted by atomic mass is 16.6. The highest BCUT2D eigenvalue weighted by molar-refractivity contribution is 5.94. The smallest absolute Gasteiger partial charge is 0.410 e. The van der Waals surface area contributed by atoms with Gasteiger partial charge < -0.3 is 29.7 Å². The summed E-state index contributed by atoms with van der Waals surface area (Å²) in [7, 11) is 0. The van der Waals surface area contributed by atoms with Gasteiger partial charge in [-0.05, 0) is 57.2 Å². The molecule has 2 atom stereocenters. The zero-order valence-electron chi connectivity index (χ0n) is 20.8. The van der Waals surface area contributed by atoms with Crippen LogP contribution in [0.2, 0.25) is 0 Å². The van der Waals surface area contributed by atoms with Gasteiger partial charge >= 0.3 is 12.2 Å². The number of ether oxygens (including phenoxy) is 3. The summed E-state index contributed by atoms with van der Waals surface area (Å²) in [5.41, 5.74) is 0.867. The predicted octanol–water partition coefficient (Wildman–Crippen LogP) is 3.85. The van der Waals surface area contributed by atoms with Gasteiger partial charge in [0.15, 0.2) is 18.2 Å². The molecule has 1 aliphatic heterocycles. The molecule has 1 saturated carbocycles. The van der Waals surface area contributed by atoms with E-state index in [4.69, 9.17) is 14.2 Å². The maximum atomic E-state index is 13.1. The lowest BCUT2D eigenvalue weighted by molar-refractivity contribution is -0.118. The summed E-state index contributed by atoms with van der Waals surface area (Å²) in [6.45, 7) is 6.07. The maximum Gasteiger partial charge on any atom is 0.410 e. The SMILES string of the molecule is CC(C)(C)OC(=O)N[C@@H]1CC[C@H]1CN(Cc1ccc2c(n1)NC(=O)CO2)C(=O)OCc1ccccc1. The van der Waals surface area contributed by atoms with Crippen molar-refractivity contribution in [2.75, 3.05) is 18.5 Å². The van der Waals surface area contributed by atoms with Crippen LogP contribution in [0.3, 0.4) is 0 Å². The van der Waals surface area contributed by atoms with Crippen molar-refractivity contribution in [2.24, 2.45) is 5.92 Å². The fourth-order valence-electron chi connectivity index (χ4n) is 4.02. The summed E-state index contributed by atoms with van der Waals surface area (Å²) in [6, 6.07) is 12.8. The van der Waals surface area contributed by atoms with Crippen LogP contribution in [0.15, 0.2) is 42.5 Å². The Morgan fingerprint density at radius 1 is 1.17 bits per heavy atom. The molecule has 1 aromatic carbocycles. The Bertz CT molecular complexity index is 1100. The normalized spacial score (nSPS) is 18.6. The van der Waals surface area contributed by atoms with Crippen molar-refractivity contribution in [3.8, 4) is 5.75 Å². The molecule has 0 spiro atoms. The molecule has 10 heteroatoms. The number of fused-ring (bicyclic) bond motifs is 1. The van der Waals surface area contributed by atoms with Crippen LogP contribution in [-0.2, 0) is 27.4 Å². The van der Waals surface area contributed by atoms with Gasteiger partial charge in [-0.2, -0.15) is 0 Å². The molecule has 1 fully saturated rings. The van der Waals surface area contributed by atoms with E-state index in [9.17, 15) is 14.4 Å². The van der Waals surface area contributed by atoms with Crippen LogP contribution >= 0.6 is 0 Å². The zero-order chi connectivity index (χ0) is 25.7. The van der Waals surface area contributed by atoms with Crippen molar-refractivity contribution in [1.29, 1.82) is 0 Å². The molecular formula is C26H32N4O6. The number of alkyl carbamates (subject to hydrolysis) is 1. The summed E-state index contributed by atoms with van der Waals surface area (Å²) >= 11 is 0. The average Bonchev–Trinajstić information content (AvgIpc) is 2.82. The first-order chi connectivity index (χ1) is 17.2. The van der Waals surface area contributed by atoms with Crippen LogP contribution in [0.1, 0.15) is 44.9 Å². The van der Waals surface area contributed by atoms with E-state index in [1.165, 1.54) is 0 Å². The Balaban J connectivity index is 1.44. The van der Waals surface area contributed by atoms with Gasteiger partial charge in [0.1, 0.15) is 12.2 Å². The molecule has 2 heterocycles. The summed E-state index contributed by atoms with van der Waals surface area (Å²) in [4.78, 5) is 43.1. The van der Waals surface area contributed by atoms with Crippen LogP contribution in [-0.4, -0.2) is 52.8 Å². The van der Waals surface area contributed by atoms with Gasteiger partial charge in [0.2, 0.25) is 0 Å². The predicted molar refractivity (Wildman–Crippen MR) is 131 cm³/mol. The van der Waals surface area contributed by atoms with E-state index < -0.39 is 17.8 Å². The number of carbonyl (C=O) groups is 3. The number of hydrogen-bond donors (Lipinski definition) is 2. The molecule has 36 heavy (non-hydrogen) atoms. The van der Waals surface area contributed by atoms with E-state index in [0.29, 0.717) is 23.8 Å². The molecule has 2 aromatic rings. The van der Waals surface area contributed by atoms with Crippen molar-refractivity contribution < 1.29 is 28.6 Å². The van der Waals surface area contributed by atoms with Gasteiger partial charge in [0, 0.05) is 12.6 Å². The van der Waals surface area contributed by atoms with E-state index in [0.717, 1.165) is 18.4 Å². The van der Waals surface area contributed by atoms with Gasteiger partial charge in [0.25, 0.3) is 5.91 Å². The molecule has 0 unspecified atom stereocenters. The largest absolute Gasteiger partial charge is 0.480 e. The Hall–Kier alpha value is -3.82. The minimum absolute atomic E-state index is 0.0439. The second kappa shape index (κ2) is 10.8. The molecule has 0 radical (unpaired) electrons. The van der Waals surface area contributed by atoms with E-state index in [1.807, 2.05) is 51.1 Å². The Morgan fingerprint density at radius 2 is 1.94 bits per heavy atom. The molecule has 0 bridgehead atoms. The van der Waals surface area contributed by atoms with Crippen LogP contribution in [0.25, 0.3) is 0 Å². The molecule has 4 rings (SSSR count). The molecule has 2 aliphatic rings. The first-order valence-electron chi connectivity index (χ1n) is 12.0. The van der Waals surface area contributed by atoms with E-state index in [1.54, 1.807) is 17.0 Å². The number of amides is 3. The van der Waals surface area contributed by atoms with Crippen molar-refractivity contribution in [3.63, 3.8) is 0 Å². The lowest BCUT2D eigenvalue weighted by Crippen LogP contribution is -2.52. The van der Waals surface area contributed by atoms with Crippen LogP contribution in [0.5, 0.6) is 5.75 Å². The van der Waals surface area contributed by atoms with E-state index in [2.05, 4.69) is 15.6 Å². The quantitative estimate of drug-likeness (QED) is 0.597. The van der Waals surface area contributed by atoms with Crippen molar-refractivity contribution in [1.82, 2.24) is 15.2 Å². The standard InChI is InChI=1S/C26H32N4O6/c1-26(2,3)36-24(32)28-20-11-9-18(20)13-30(25(33)35-15-17-7-5-4-6-8-17)14-19-10-12-21-23(27-19)29-22(31)16-34-21/h4-8,10,12,18,20H,9,11,13-16H2,1-3H3,(H,28,32)(H,27,29,31)/t18-,20+/m0/s1. The van der Waals surface area contributed by atoms with Gasteiger partial charge in [-0.1, -0.05) is 30.3 Å². The lowest BCUT2D eigenvalue weighted by Gasteiger charge is -2.40. The highest BCUT2D eigenvalue weighted by Crippen LogP contribution is 2.30. The van der Waals surface area contributed by atoms with Crippen molar-refractivity contribution >= 4 is 23.9 Å². The van der Waals surface area contributed by atoms with Gasteiger partial charge in [-0.25, -0.2) is 14.6 Å². The molecular weight excluding hydrogens is 464 g/mol. The third-order valence-corrected chi connectivity index (χ3v) is 5.92. The van der Waals surface area contributed by atoms with Gasteiger partial charge in [-0.3, -0.25) is 4.79 Å². The first-order valence-corrected chi connectivity index (χ1v) is 12.0. The van der Waals surface area contributed by atoms with E-state index >= 15 is 0 Å². The first kappa shape index (κ1) is 25.3. The average molecular weight is 497 g/mol. The second-order valence-corrected chi connectivity index (χ2v) is 10.00. The number of benzene rings is 1. The van der Waals surface area contributed by atoms with Crippen molar-refractivity contribution in [2.45, 2.75) is 58.4 Å². The minimum atomic E-state index is -0.589. The fraction of sp³-hybridized carbons (Fsp3) is 0.462. The number of nitrogens with zero attached hydrogens (tertiary/aromatic N) is 2. The number of aromatic nitrogens is 1. The molecule has 0 saturated heterocycles. The minimum Gasteiger partial charge on any atom is -0.480 e. The number of hydrogen-bond acceptors (Lipinski definition) is 7. The summed E-state index contributed by atoms with van der Waals surface area (Å²) < 4.78 is 16.3. The molecule has 2 N–H and O–H groups in total. The molecule has 1 aliphatic carbocycles. The monoisotopic (exact) mass is 496 g/mol. The topological polar surface area (TPSA) is 119 Å². The van der Waals surface area contributed by atoms with Crippen LogP contribution in [0.4, 0.5) is 15.4 Å². The summed E-state index contributed by atoms with van der Waals surface area (Å²) in [5.74, 6) is 0.575. The van der Waals surface area contributed by atoms with Crippen molar-refractivity contribution in [3.05, 3.63) is 53.7 Å². The second-order valence-electron chi connectivity index (χ2n) is 10.00. The van der Waals surface area contributed by atoms with Gasteiger partial charge in [-0.15, -0.1) is 0 Å². The lowest BCUT2D eigenvalue weighted by atomic mass is 9.79.